The number of carbonyl (C=O) groups is 1. The van der Waals surface area contributed by atoms with Gasteiger partial charge in [-0.05, 0) is 36.1 Å². The van der Waals surface area contributed by atoms with Crippen molar-refractivity contribution in [3.63, 3.8) is 0 Å². The van der Waals surface area contributed by atoms with Gasteiger partial charge in [0.2, 0.25) is 5.91 Å². The van der Waals surface area contributed by atoms with Gasteiger partial charge in [-0.1, -0.05) is 25.0 Å². The van der Waals surface area contributed by atoms with Crippen LogP contribution in [0.1, 0.15) is 24.8 Å². The summed E-state index contributed by atoms with van der Waals surface area (Å²) in [7, 11) is 0. The second-order valence-corrected chi connectivity index (χ2v) is 4.53. The van der Waals surface area contributed by atoms with Crippen LogP contribution in [-0.4, -0.2) is 12.5 Å². The lowest BCUT2D eigenvalue weighted by molar-refractivity contribution is -0.116. The number of nitrogen functional groups attached to an aromatic ring is 1. The van der Waals surface area contributed by atoms with Gasteiger partial charge in [0.25, 0.3) is 0 Å². The smallest absolute Gasteiger partial charge is 0.243 e. The predicted octanol–water partition coefficient (Wildman–Crippen LogP) is 2.20. The van der Waals surface area contributed by atoms with Crippen molar-refractivity contribution in [3.05, 3.63) is 35.9 Å². The zero-order valence-electron chi connectivity index (χ0n) is 9.86. The number of rotatable bonds is 5. The Morgan fingerprint density at radius 1 is 1.47 bits per heavy atom. The summed E-state index contributed by atoms with van der Waals surface area (Å²) >= 11 is 0. The monoisotopic (exact) mass is 230 g/mol. The third-order valence-electron chi connectivity index (χ3n) is 2.89. The van der Waals surface area contributed by atoms with Crippen LogP contribution in [0.15, 0.2) is 30.3 Å². The molecule has 3 nitrogen and oxygen atoms in total. The van der Waals surface area contributed by atoms with Crippen molar-refractivity contribution in [3.8, 4) is 0 Å². The lowest BCUT2D eigenvalue weighted by atomic mass is 10.2. The average Bonchev–Trinajstić information content (AvgIpc) is 3.11. The highest BCUT2D eigenvalue weighted by Crippen LogP contribution is 2.31. The Bertz CT molecular complexity index is 422. The first-order valence-corrected chi connectivity index (χ1v) is 6.05. The molecule has 0 aromatic heterocycles. The SMILES string of the molecule is Nc1cccc(/C=C/C(=O)NCCC2CC2)c1. The fourth-order valence-corrected chi connectivity index (χ4v) is 1.70. The van der Waals surface area contributed by atoms with Crippen molar-refractivity contribution in [2.75, 3.05) is 12.3 Å². The molecule has 1 aliphatic carbocycles. The lowest BCUT2D eigenvalue weighted by Gasteiger charge is -2.00. The van der Waals surface area contributed by atoms with E-state index in [0.29, 0.717) is 5.69 Å². The number of amides is 1. The van der Waals surface area contributed by atoms with E-state index < -0.39 is 0 Å². The molecule has 1 fully saturated rings. The number of hydrogen-bond donors (Lipinski definition) is 2. The molecule has 1 aromatic carbocycles. The summed E-state index contributed by atoms with van der Waals surface area (Å²) in [4.78, 5) is 11.5. The van der Waals surface area contributed by atoms with Crippen molar-refractivity contribution in [1.29, 1.82) is 0 Å². The van der Waals surface area contributed by atoms with Gasteiger partial charge in [-0.2, -0.15) is 0 Å². The molecule has 1 amide bonds. The molecule has 0 unspecified atom stereocenters. The average molecular weight is 230 g/mol. The number of nitrogens with two attached hydrogens (primary N) is 1. The highest BCUT2D eigenvalue weighted by Gasteiger charge is 2.20. The number of anilines is 1. The van der Waals surface area contributed by atoms with Crippen molar-refractivity contribution in [1.82, 2.24) is 5.32 Å². The quantitative estimate of drug-likeness (QED) is 0.602. The van der Waals surface area contributed by atoms with E-state index in [0.717, 1.165) is 24.4 Å². The molecule has 0 spiro atoms. The molecule has 17 heavy (non-hydrogen) atoms. The van der Waals surface area contributed by atoms with Crippen LogP contribution in [0.2, 0.25) is 0 Å². The minimum absolute atomic E-state index is 0.0342. The highest BCUT2D eigenvalue weighted by molar-refractivity contribution is 5.91. The van der Waals surface area contributed by atoms with Gasteiger partial charge in [-0.15, -0.1) is 0 Å². The molecule has 0 atom stereocenters. The second-order valence-electron chi connectivity index (χ2n) is 4.53. The summed E-state index contributed by atoms with van der Waals surface area (Å²) in [5, 5.41) is 2.88. The first kappa shape index (κ1) is 11.7. The molecule has 0 radical (unpaired) electrons. The van der Waals surface area contributed by atoms with Crippen LogP contribution >= 0.6 is 0 Å². The van der Waals surface area contributed by atoms with E-state index in [-0.39, 0.29) is 5.91 Å². The van der Waals surface area contributed by atoms with Crippen LogP contribution in [0, 0.1) is 5.92 Å². The summed E-state index contributed by atoms with van der Waals surface area (Å²) in [6.07, 6.45) is 7.10. The Hall–Kier alpha value is -1.77. The van der Waals surface area contributed by atoms with Gasteiger partial charge in [0.1, 0.15) is 0 Å². The van der Waals surface area contributed by atoms with Gasteiger partial charge in [0.05, 0.1) is 0 Å². The van der Waals surface area contributed by atoms with Gasteiger partial charge in [0.15, 0.2) is 0 Å². The maximum Gasteiger partial charge on any atom is 0.243 e. The molecule has 2 rings (SSSR count). The molecule has 1 aromatic rings. The summed E-state index contributed by atoms with van der Waals surface area (Å²) in [6, 6.07) is 7.46. The molecule has 0 bridgehead atoms. The minimum Gasteiger partial charge on any atom is -0.399 e. The predicted molar refractivity (Wildman–Crippen MR) is 70.2 cm³/mol. The van der Waals surface area contributed by atoms with Gasteiger partial charge in [0, 0.05) is 18.3 Å². The molecular formula is C14H18N2O. The first-order chi connectivity index (χ1) is 8.24. The molecular weight excluding hydrogens is 212 g/mol. The van der Waals surface area contributed by atoms with E-state index >= 15 is 0 Å². The van der Waals surface area contributed by atoms with E-state index in [1.165, 1.54) is 12.8 Å². The van der Waals surface area contributed by atoms with Crippen LogP contribution in [0.5, 0.6) is 0 Å². The Kier molecular flexibility index (Phi) is 3.81. The van der Waals surface area contributed by atoms with Crippen LogP contribution in [0.3, 0.4) is 0 Å². The van der Waals surface area contributed by atoms with Crippen LogP contribution < -0.4 is 11.1 Å². The molecule has 3 N–H and O–H groups in total. The second kappa shape index (κ2) is 5.53. The Balaban J connectivity index is 1.76. The van der Waals surface area contributed by atoms with Crippen LogP contribution in [0.4, 0.5) is 5.69 Å². The van der Waals surface area contributed by atoms with Crippen LogP contribution in [-0.2, 0) is 4.79 Å². The molecule has 0 saturated heterocycles. The Labute approximate surface area is 102 Å². The van der Waals surface area contributed by atoms with Gasteiger partial charge < -0.3 is 11.1 Å². The third-order valence-corrected chi connectivity index (χ3v) is 2.89. The van der Waals surface area contributed by atoms with E-state index in [2.05, 4.69) is 5.32 Å². The van der Waals surface area contributed by atoms with E-state index in [1.807, 2.05) is 24.3 Å². The normalized spacial score (nSPS) is 15.1. The largest absolute Gasteiger partial charge is 0.399 e. The summed E-state index contributed by atoms with van der Waals surface area (Å²) in [5.41, 5.74) is 7.31. The fourth-order valence-electron chi connectivity index (χ4n) is 1.70. The highest BCUT2D eigenvalue weighted by atomic mass is 16.1. The van der Waals surface area contributed by atoms with Gasteiger partial charge >= 0.3 is 0 Å². The minimum atomic E-state index is -0.0342. The molecule has 1 saturated carbocycles. The van der Waals surface area contributed by atoms with Crippen molar-refractivity contribution < 1.29 is 4.79 Å². The molecule has 0 aliphatic heterocycles. The lowest BCUT2D eigenvalue weighted by Crippen LogP contribution is -2.22. The molecule has 3 heteroatoms. The molecule has 0 heterocycles. The first-order valence-electron chi connectivity index (χ1n) is 6.05. The zero-order valence-corrected chi connectivity index (χ0v) is 9.86. The van der Waals surface area contributed by atoms with E-state index in [9.17, 15) is 4.79 Å². The van der Waals surface area contributed by atoms with E-state index in [1.54, 1.807) is 12.2 Å². The standard InChI is InChI=1S/C14H18N2O/c15-13-3-1-2-12(10-13)6-7-14(17)16-9-8-11-4-5-11/h1-3,6-7,10-11H,4-5,8-9,15H2,(H,16,17)/b7-6+. The van der Waals surface area contributed by atoms with Gasteiger partial charge in [-0.25, -0.2) is 0 Å². The van der Waals surface area contributed by atoms with Crippen molar-refractivity contribution >= 4 is 17.7 Å². The Morgan fingerprint density at radius 3 is 3.00 bits per heavy atom. The van der Waals surface area contributed by atoms with Gasteiger partial charge in [-0.3, -0.25) is 4.79 Å². The van der Waals surface area contributed by atoms with Crippen LogP contribution in [0.25, 0.3) is 6.08 Å². The fraction of sp³-hybridized carbons (Fsp3) is 0.357. The number of benzene rings is 1. The number of carbonyl (C=O) groups excluding carboxylic acids is 1. The van der Waals surface area contributed by atoms with E-state index in [4.69, 9.17) is 5.73 Å². The number of nitrogens with one attached hydrogen (secondary N) is 1. The Morgan fingerprint density at radius 2 is 2.29 bits per heavy atom. The summed E-state index contributed by atoms with van der Waals surface area (Å²) < 4.78 is 0. The van der Waals surface area contributed by atoms with Crippen molar-refractivity contribution in [2.24, 2.45) is 5.92 Å². The van der Waals surface area contributed by atoms with Crippen molar-refractivity contribution in [2.45, 2.75) is 19.3 Å². The summed E-state index contributed by atoms with van der Waals surface area (Å²) in [5.74, 6) is 0.821. The maximum absolute atomic E-state index is 11.5. The molecule has 90 valence electrons. The number of hydrogen-bond acceptors (Lipinski definition) is 2. The zero-order chi connectivity index (χ0) is 12.1. The maximum atomic E-state index is 11.5. The topological polar surface area (TPSA) is 55.1 Å². The summed E-state index contributed by atoms with van der Waals surface area (Å²) in [6.45, 7) is 0.783. The molecule has 1 aliphatic rings. The third kappa shape index (κ3) is 4.31.